The number of hydrogen-bond acceptors (Lipinski definition) is 7. The Kier molecular flexibility index (Phi) is 4.57. The van der Waals surface area contributed by atoms with Crippen molar-refractivity contribution >= 4 is 44.8 Å². The molecule has 24 heavy (non-hydrogen) atoms. The summed E-state index contributed by atoms with van der Waals surface area (Å²) in [5.74, 6) is 0.529. The second kappa shape index (κ2) is 6.98. The second-order valence-corrected chi connectivity index (χ2v) is 7.87. The van der Waals surface area contributed by atoms with E-state index in [1.54, 1.807) is 29.0 Å². The minimum atomic E-state index is -0.531. The molecule has 120 valence electrons. The third-order valence-electron chi connectivity index (χ3n) is 3.49. The van der Waals surface area contributed by atoms with Gasteiger partial charge in [0.2, 0.25) is 0 Å². The molecule has 0 aliphatic rings. The van der Waals surface area contributed by atoms with E-state index in [0.717, 1.165) is 31.5 Å². The maximum atomic E-state index is 10.3. The van der Waals surface area contributed by atoms with Crippen molar-refractivity contribution < 1.29 is 5.11 Å². The fourth-order valence-electron chi connectivity index (χ4n) is 2.28. The predicted octanol–water partition coefficient (Wildman–Crippen LogP) is 4.64. The molecule has 0 aliphatic carbocycles. The molecule has 1 N–H and O–H groups in total. The van der Waals surface area contributed by atoms with Gasteiger partial charge in [0, 0.05) is 16.7 Å². The van der Waals surface area contributed by atoms with Crippen LogP contribution in [0.2, 0.25) is 0 Å². The minimum absolute atomic E-state index is 0.529. The van der Waals surface area contributed by atoms with Gasteiger partial charge in [-0.05, 0) is 17.0 Å². The van der Waals surface area contributed by atoms with E-state index in [1.807, 2.05) is 35.7 Å². The first kappa shape index (κ1) is 15.7. The topological polar surface area (TPSA) is 58.9 Å². The van der Waals surface area contributed by atoms with Crippen LogP contribution >= 0.6 is 34.4 Å². The van der Waals surface area contributed by atoms with Crippen molar-refractivity contribution in [1.82, 2.24) is 15.0 Å². The van der Waals surface area contributed by atoms with Crippen LogP contribution in [0.5, 0.6) is 0 Å². The molecule has 0 bridgehead atoms. The van der Waals surface area contributed by atoms with Crippen LogP contribution in [-0.4, -0.2) is 25.8 Å². The number of thiophene rings is 1. The largest absolute Gasteiger partial charge is 0.388 e. The lowest BCUT2D eigenvalue weighted by atomic mass is 10.1. The Balaban J connectivity index is 1.58. The molecule has 1 atom stereocenters. The molecule has 1 aromatic carbocycles. The molecule has 4 rings (SSSR count). The van der Waals surface area contributed by atoms with E-state index in [-0.39, 0.29) is 0 Å². The highest BCUT2D eigenvalue weighted by Crippen LogP contribution is 2.34. The highest BCUT2D eigenvalue weighted by atomic mass is 32.2. The summed E-state index contributed by atoms with van der Waals surface area (Å²) in [6.07, 6.45) is 1.03. The van der Waals surface area contributed by atoms with Gasteiger partial charge in [0.25, 0.3) is 0 Å². The number of benzene rings is 1. The van der Waals surface area contributed by atoms with Gasteiger partial charge in [0.05, 0.1) is 6.10 Å². The van der Waals surface area contributed by atoms with Crippen molar-refractivity contribution in [2.45, 2.75) is 11.1 Å². The number of aliphatic hydroxyl groups is 1. The highest BCUT2D eigenvalue weighted by Gasteiger charge is 2.15. The summed E-state index contributed by atoms with van der Waals surface area (Å²) in [6.45, 7) is 0. The number of aromatic nitrogens is 3. The number of rotatable bonds is 5. The number of hydrogen-bond donors (Lipinski definition) is 1. The van der Waals surface area contributed by atoms with Crippen molar-refractivity contribution in [1.29, 1.82) is 0 Å². The van der Waals surface area contributed by atoms with Crippen molar-refractivity contribution in [3.63, 3.8) is 0 Å². The Labute approximate surface area is 151 Å². The summed E-state index contributed by atoms with van der Waals surface area (Å²) >= 11 is 4.73. The third kappa shape index (κ3) is 3.21. The molecule has 0 radical (unpaired) electrons. The Morgan fingerprint density at radius 1 is 1.12 bits per heavy atom. The van der Waals surface area contributed by atoms with Crippen LogP contribution in [-0.2, 0) is 0 Å². The van der Waals surface area contributed by atoms with Gasteiger partial charge in [0.15, 0.2) is 0 Å². The second-order valence-electron chi connectivity index (χ2n) is 5.10. The lowest BCUT2D eigenvalue weighted by Crippen LogP contribution is -2.00. The molecule has 4 aromatic rings. The van der Waals surface area contributed by atoms with Gasteiger partial charge < -0.3 is 5.11 Å². The van der Waals surface area contributed by atoms with Crippen LogP contribution < -0.4 is 0 Å². The molecule has 0 saturated heterocycles. The van der Waals surface area contributed by atoms with Gasteiger partial charge in [0.1, 0.15) is 26.7 Å². The molecular formula is C17H13N3OS3. The zero-order valence-electron chi connectivity index (χ0n) is 12.5. The first-order valence-corrected chi connectivity index (χ1v) is 10.1. The Hall–Kier alpha value is -1.80. The Morgan fingerprint density at radius 2 is 2.00 bits per heavy atom. The summed E-state index contributed by atoms with van der Waals surface area (Å²) in [5.41, 5.74) is 2.84. The first-order chi connectivity index (χ1) is 11.8. The number of thioether (sulfide) groups is 1. The summed E-state index contributed by atoms with van der Waals surface area (Å²) < 4.78 is 0. The van der Waals surface area contributed by atoms with Crippen LogP contribution in [0.15, 0.2) is 58.5 Å². The van der Waals surface area contributed by atoms with Gasteiger partial charge in [-0.3, -0.25) is 0 Å². The van der Waals surface area contributed by atoms with Gasteiger partial charge in [-0.15, -0.1) is 11.8 Å². The normalized spacial score (nSPS) is 12.5. The van der Waals surface area contributed by atoms with E-state index in [4.69, 9.17) is 4.98 Å². The van der Waals surface area contributed by atoms with Crippen LogP contribution in [0.1, 0.15) is 11.7 Å². The minimum Gasteiger partial charge on any atom is -0.388 e. The van der Waals surface area contributed by atoms with Crippen molar-refractivity contribution in [3.8, 4) is 10.6 Å². The first-order valence-electron chi connectivity index (χ1n) is 7.31. The van der Waals surface area contributed by atoms with Gasteiger partial charge in [-0.25, -0.2) is 15.0 Å². The van der Waals surface area contributed by atoms with E-state index in [1.165, 1.54) is 11.8 Å². The smallest absolute Gasteiger partial charge is 0.148 e. The zero-order chi connectivity index (χ0) is 16.4. The van der Waals surface area contributed by atoms with E-state index >= 15 is 0 Å². The SMILES string of the molecule is OC(CSc1ncnc2sc(-c3ccsc3)nc12)c1ccccc1. The van der Waals surface area contributed by atoms with Gasteiger partial charge in [-0.1, -0.05) is 41.7 Å². The molecular weight excluding hydrogens is 358 g/mol. The van der Waals surface area contributed by atoms with E-state index in [9.17, 15) is 5.11 Å². The molecule has 3 heterocycles. The van der Waals surface area contributed by atoms with Crippen molar-refractivity contribution in [2.75, 3.05) is 5.75 Å². The number of thiazole rings is 1. The lowest BCUT2D eigenvalue weighted by molar-refractivity contribution is 0.204. The molecule has 0 saturated carbocycles. The number of fused-ring (bicyclic) bond motifs is 1. The third-order valence-corrected chi connectivity index (χ3v) is 6.24. The van der Waals surface area contributed by atoms with E-state index in [0.29, 0.717) is 5.75 Å². The molecule has 0 fully saturated rings. The monoisotopic (exact) mass is 371 g/mol. The average Bonchev–Trinajstić information content (AvgIpc) is 3.29. The maximum Gasteiger partial charge on any atom is 0.148 e. The zero-order valence-corrected chi connectivity index (χ0v) is 14.9. The molecule has 3 aromatic heterocycles. The highest BCUT2D eigenvalue weighted by molar-refractivity contribution is 7.99. The predicted molar refractivity (Wildman–Crippen MR) is 101 cm³/mol. The van der Waals surface area contributed by atoms with Crippen LogP contribution in [0.25, 0.3) is 20.9 Å². The number of nitrogens with zero attached hydrogens (tertiary/aromatic N) is 3. The standard InChI is InChI=1S/C17H13N3OS3/c21-13(11-4-2-1-3-5-11)9-23-16-14-17(19-10-18-16)24-15(20-14)12-6-7-22-8-12/h1-8,10,13,21H,9H2. The number of aliphatic hydroxyl groups excluding tert-OH is 1. The molecule has 4 nitrogen and oxygen atoms in total. The fraction of sp³-hybridized carbons (Fsp3) is 0.118. The molecule has 0 amide bonds. The van der Waals surface area contributed by atoms with Crippen LogP contribution in [0.4, 0.5) is 0 Å². The van der Waals surface area contributed by atoms with Gasteiger partial charge in [-0.2, -0.15) is 11.3 Å². The fourth-order valence-corrected chi connectivity index (χ4v) is 4.87. The summed E-state index contributed by atoms with van der Waals surface area (Å²) in [4.78, 5) is 14.3. The molecule has 0 spiro atoms. The molecule has 1 unspecified atom stereocenters. The Morgan fingerprint density at radius 3 is 2.79 bits per heavy atom. The average molecular weight is 372 g/mol. The van der Waals surface area contributed by atoms with E-state index < -0.39 is 6.10 Å². The van der Waals surface area contributed by atoms with Crippen molar-refractivity contribution in [3.05, 3.63) is 59.0 Å². The van der Waals surface area contributed by atoms with Crippen LogP contribution in [0, 0.1) is 0 Å². The quantitative estimate of drug-likeness (QED) is 0.409. The summed E-state index contributed by atoms with van der Waals surface area (Å²) in [7, 11) is 0. The van der Waals surface area contributed by atoms with Crippen LogP contribution in [0.3, 0.4) is 0 Å². The van der Waals surface area contributed by atoms with Crippen molar-refractivity contribution in [2.24, 2.45) is 0 Å². The Bertz CT molecular complexity index is 938. The van der Waals surface area contributed by atoms with E-state index in [2.05, 4.69) is 21.4 Å². The molecule has 7 heteroatoms. The lowest BCUT2D eigenvalue weighted by Gasteiger charge is -2.09. The van der Waals surface area contributed by atoms with Gasteiger partial charge >= 0.3 is 0 Å². The summed E-state index contributed by atoms with van der Waals surface area (Å²) in [6, 6.07) is 11.7. The summed E-state index contributed by atoms with van der Waals surface area (Å²) in [5, 5.41) is 16.2. The maximum absolute atomic E-state index is 10.3. The molecule has 0 aliphatic heterocycles.